The van der Waals surface area contributed by atoms with Crippen LogP contribution in [0, 0.1) is 11.6 Å². The fraction of sp³-hybridized carbons (Fsp3) is 0.217. The van der Waals surface area contributed by atoms with Crippen molar-refractivity contribution in [3.8, 4) is 11.1 Å². The number of fused-ring (bicyclic) bond motifs is 1. The number of nitrogens with zero attached hydrogens (tertiary/aromatic N) is 4. The van der Waals surface area contributed by atoms with Gasteiger partial charge >= 0.3 is 0 Å². The highest BCUT2D eigenvalue weighted by atomic mass is 35.5. The second-order valence-corrected chi connectivity index (χ2v) is 8.58. The summed E-state index contributed by atoms with van der Waals surface area (Å²) in [5.74, 6) is -1.71. The van der Waals surface area contributed by atoms with Crippen molar-refractivity contribution in [1.82, 2.24) is 13.5 Å². The Hall–Kier alpha value is -2.88. The van der Waals surface area contributed by atoms with Crippen molar-refractivity contribution in [2.45, 2.75) is 6.54 Å². The van der Waals surface area contributed by atoms with Crippen LogP contribution < -0.4 is 10.5 Å². The van der Waals surface area contributed by atoms with E-state index in [1.807, 2.05) is 18.5 Å². The number of aromatic nitrogens is 3. The van der Waals surface area contributed by atoms with Gasteiger partial charge in [0.05, 0.1) is 31.6 Å². The first-order chi connectivity index (χ1) is 15.9. The first-order valence-corrected chi connectivity index (χ1v) is 11.1. The number of benzene rings is 1. The van der Waals surface area contributed by atoms with Gasteiger partial charge < -0.3 is 14.2 Å². The predicted molar refractivity (Wildman–Crippen MR) is 127 cm³/mol. The van der Waals surface area contributed by atoms with Gasteiger partial charge in [-0.2, -0.15) is 0 Å². The molecule has 0 saturated carbocycles. The van der Waals surface area contributed by atoms with Crippen LogP contribution in [0.4, 0.5) is 14.5 Å². The van der Waals surface area contributed by atoms with E-state index in [0.29, 0.717) is 24.4 Å². The van der Waals surface area contributed by atoms with Crippen LogP contribution in [0.5, 0.6) is 0 Å². The number of thiol groups is 1. The van der Waals surface area contributed by atoms with Crippen molar-refractivity contribution in [3.63, 3.8) is 0 Å². The van der Waals surface area contributed by atoms with Gasteiger partial charge in [-0.05, 0) is 23.8 Å². The van der Waals surface area contributed by atoms with Crippen molar-refractivity contribution >= 4 is 41.1 Å². The SMILES string of the molecule is O=c1cc(-c2cn(S)c3ncc(N4CCOCC4)cc23)ccn1Cc1ccc(F)c(Cl)c1F. The molecule has 1 saturated heterocycles. The average molecular weight is 489 g/mol. The molecule has 0 amide bonds. The third-order valence-corrected chi connectivity index (χ3v) is 6.40. The number of rotatable bonds is 4. The highest BCUT2D eigenvalue weighted by Crippen LogP contribution is 2.32. The number of morpholine rings is 1. The predicted octanol–water partition coefficient (Wildman–Crippen LogP) is 4.37. The Morgan fingerprint density at radius 1 is 1.15 bits per heavy atom. The van der Waals surface area contributed by atoms with Crippen molar-refractivity contribution in [3.05, 3.63) is 81.5 Å². The third kappa shape index (κ3) is 4.12. The van der Waals surface area contributed by atoms with Crippen molar-refractivity contribution < 1.29 is 13.5 Å². The van der Waals surface area contributed by atoms with Gasteiger partial charge in [0.25, 0.3) is 5.56 Å². The molecule has 4 aromatic rings. The molecule has 5 rings (SSSR count). The Kier molecular flexibility index (Phi) is 5.86. The van der Waals surface area contributed by atoms with Crippen LogP contribution in [0.1, 0.15) is 5.56 Å². The van der Waals surface area contributed by atoms with E-state index < -0.39 is 16.7 Å². The largest absolute Gasteiger partial charge is 0.378 e. The molecule has 0 unspecified atom stereocenters. The fourth-order valence-electron chi connectivity index (χ4n) is 3.98. The molecule has 0 aliphatic carbocycles. The topological polar surface area (TPSA) is 52.3 Å². The lowest BCUT2D eigenvalue weighted by molar-refractivity contribution is 0.122. The summed E-state index contributed by atoms with van der Waals surface area (Å²) >= 11 is 10.1. The lowest BCUT2D eigenvalue weighted by atomic mass is 10.1. The van der Waals surface area contributed by atoms with E-state index in [1.54, 1.807) is 16.2 Å². The molecule has 0 radical (unpaired) electrons. The smallest absolute Gasteiger partial charge is 0.251 e. The van der Waals surface area contributed by atoms with Gasteiger partial charge in [-0.15, -0.1) is 0 Å². The monoisotopic (exact) mass is 488 g/mol. The van der Waals surface area contributed by atoms with Gasteiger partial charge in [-0.25, -0.2) is 13.8 Å². The summed E-state index contributed by atoms with van der Waals surface area (Å²) in [6.07, 6.45) is 5.20. The van der Waals surface area contributed by atoms with Crippen LogP contribution in [-0.4, -0.2) is 39.8 Å². The van der Waals surface area contributed by atoms with Gasteiger partial charge in [0, 0.05) is 48.1 Å². The lowest BCUT2D eigenvalue weighted by Gasteiger charge is -2.28. The highest BCUT2D eigenvalue weighted by Gasteiger charge is 2.17. The summed E-state index contributed by atoms with van der Waals surface area (Å²) in [4.78, 5) is 19.6. The molecule has 0 bridgehead atoms. The van der Waals surface area contributed by atoms with E-state index in [4.69, 9.17) is 16.3 Å². The zero-order valence-electron chi connectivity index (χ0n) is 17.3. The van der Waals surface area contributed by atoms with Crippen LogP contribution in [0.25, 0.3) is 22.2 Å². The molecule has 0 spiro atoms. The van der Waals surface area contributed by atoms with Crippen LogP contribution in [0.15, 0.2) is 53.7 Å². The Morgan fingerprint density at radius 2 is 1.94 bits per heavy atom. The van der Waals surface area contributed by atoms with E-state index in [0.717, 1.165) is 35.8 Å². The fourth-order valence-corrected chi connectivity index (χ4v) is 4.44. The molecule has 1 fully saturated rings. The second-order valence-electron chi connectivity index (χ2n) is 7.77. The van der Waals surface area contributed by atoms with E-state index in [-0.39, 0.29) is 17.7 Å². The molecule has 33 heavy (non-hydrogen) atoms. The van der Waals surface area contributed by atoms with E-state index in [1.165, 1.54) is 16.7 Å². The van der Waals surface area contributed by atoms with Crippen LogP contribution in [-0.2, 0) is 11.3 Å². The number of ether oxygens (including phenoxy) is 1. The van der Waals surface area contributed by atoms with Gasteiger partial charge in [0.15, 0.2) is 5.65 Å². The highest BCUT2D eigenvalue weighted by molar-refractivity contribution is 7.78. The zero-order chi connectivity index (χ0) is 23.1. The minimum absolute atomic E-state index is 0.0675. The molecule has 1 aliphatic rings. The molecule has 10 heteroatoms. The first kappa shape index (κ1) is 21.9. The van der Waals surface area contributed by atoms with Gasteiger partial charge in [-0.3, -0.25) is 8.77 Å². The van der Waals surface area contributed by atoms with Gasteiger partial charge in [0.1, 0.15) is 16.7 Å². The zero-order valence-corrected chi connectivity index (χ0v) is 19.0. The number of hydrogen-bond acceptors (Lipinski definition) is 5. The number of anilines is 1. The summed E-state index contributed by atoms with van der Waals surface area (Å²) < 4.78 is 36.1. The molecule has 1 aromatic carbocycles. The Labute approximate surface area is 198 Å². The Balaban J connectivity index is 1.50. The summed E-state index contributed by atoms with van der Waals surface area (Å²) in [5.41, 5.74) is 2.95. The molecular formula is C23H19ClF2N4O2S. The van der Waals surface area contributed by atoms with Gasteiger partial charge in [-0.1, -0.05) is 30.5 Å². The minimum Gasteiger partial charge on any atom is -0.378 e. The third-order valence-electron chi connectivity index (χ3n) is 5.75. The number of halogens is 3. The maximum absolute atomic E-state index is 14.3. The van der Waals surface area contributed by atoms with E-state index in [2.05, 4.69) is 22.7 Å². The molecule has 0 atom stereocenters. The molecule has 0 N–H and O–H groups in total. The van der Waals surface area contributed by atoms with Crippen molar-refractivity contribution in [1.29, 1.82) is 0 Å². The molecule has 3 aromatic heterocycles. The van der Waals surface area contributed by atoms with Crippen LogP contribution >= 0.6 is 24.4 Å². The summed E-state index contributed by atoms with van der Waals surface area (Å²) in [7, 11) is 0. The second kappa shape index (κ2) is 8.81. The van der Waals surface area contributed by atoms with Crippen molar-refractivity contribution in [2.24, 2.45) is 0 Å². The maximum atomic E-state index is 14.3. The van der Waals surface area contributed by atoms with Crippen LogP contribution in [0.3, 0.4) is 0 Å². The van der Waals surface area contributed by atoms with Gasteiger partial charge in [0.2, 0.25) is 0 Å². The lowest BCUT2D eigenvalue weighted by Crippen LogP contribution is -2.36. The Morgan fingerprint density at radius 3 is 2.70 bits per heavy atom. The van der Waals surface area contributed by atoms with Crippen molar-refractivity contribution in [2.75, 3.05) is 31.2 Å². The molecule has 1 aliphatic heterocycles. The molecular weight excluding hydrogens is 470 g/mol. The van der Waals surface area contributed by atoms with Crippen LogP contribution in [0.2, 0.25) is 5.02 Å². The van der Waals surface area contributed by atoms with E-state index in [9.17, 15) is 13.6 Å². The Bertz CT molecular complexity index is 1420. The quantitative estimate of drug-likeness (QED) is 0.342. The first-order valence-electron chi connectivity index (χ1n) is 10.3. The van der Waals surface area contributed by atoms with E-state index >= 15 is 0 Å². The maximum Gasteiger partial charge on any atom is 0.251 e. The summed E-state index contributed by atoms with van der Waals surface area (Å²) in [6, 6.07) is 7.66. The standard InChI is InChI=1S/C23H19ClF2N4O2S/c24-21-19(25)2-1-15(22(21)26)12-29-4-3-14(9-20(29)31)18-13-30(33)23-17(18)10-16(11-27-23)28-5-7-32-8-6-28/h1-4,9-11,13,33H,5-8,12H2. The molecule has 170 valence electrons. The summed E-state index contributed by atoms with van der Waals surface area (Å²) in [6.45, 7) is 2.82. The normalized spacial score (nSPS) is 14.2. The number of hydrogen-bond donors (Lipinski definition) is 1. The minimum atomic E-state index is -0.868. The average Bonchev–Trinajstić information content (AvgIpc) is 3.17. The molecule has 6 nitrogen and oxygen atoms in total. The number of pyridine rings is 2. The molecule has 4 heterocycles. The summed E-state index contributed by atoms with van der Waals surface area (Å²) in [5, 5.41) is 0.282.